The third kappa shape index (κ3) is 4.95. The number of amides is 1. The van der Waals surface area contributed by atoms with E-state index < -0.39 is 5.97 Å². The van der Waals surface area contributed by atoms with Gasteiger partial charge in [-0.3, -0.25) is 9.69 Å². The molecule has 0 fully saturated rings. The van der Waals surface area contributed by atoms with Crippen LogP contribution in [0.1, 0.15) is 39.7 Å². The molecule has 0 aliphatic heterocycles. The second-order valence-corrected chi connectivity index (χ2v) is 6.47. The van der Waals surface area contributed by atoms with Gasteiger partial charge in [0, 0.05) is 5.69 Å². The van der Waals surface area contributed by atoms with E-state index in [0.29, 0.717) is 24.5 Å². The van der Waals surface area contributed by atoms with Crippen LogP contribution in [0.25, 0.3) is 0 Å². The van der Waals surface area contributed by atoms with Crippen molar-refractivity contribution >= 4 is 17.6 Å². The molecule has 0 saturated carbocycles. The van der Waals surface area contributed by atoms with Gasteiger partial charge in [0.2, 0.25) is 5.91 Å². The Morgan fingerprint density at radius 3 is 2.46 bits per heavy atom. The van der Waals surface area contributed by atoms with E-state index in [9.17, 15) is 9.59 Å². The molecule has 2 rings (SSSR count). The first-order valence-corrected chi connectivity index (χ1v) is 8.61. The van der Waals surface area contributed by atoms with Crippen LogP contribution in [0.2, 0.25) is 0 Å². The van der Waals surface area contributed by atoms with Gasteiger partial charge in [-0.05, 0) is 51.9 Å². The van der Waals surface area contributed by atoms with Crippen molar-refractivity contribution in [3.63, 3.8) is 0 Å². The summed E-state index contributed by atoms with van der Waals surface area (Å²) in [4.78, 5) is 26.1. The van der Waals surface area contributed by atoms with Gasteiger partial charge in [-0.25, -0.2) is 4.79 Å². The monoisotopic (exact) mass is 358 g/mol. The largest absolute Gasteiger partial charge is 0.467 e. The highest BCUT2D eigenvalue weighted by Crippen LogP contribution is 2.22. The van der Waals surface area contributed by atoms with Gasteiger partial charge in [0.15, 0.2) is 0 Å². The van der Waals surface area contributed by atoms with Gasteiger partial charge in [-0.2, -0.15) is 0 Å². The Bertz CT molecular complexity index is 772. The number of furan rings is 1. The molecule has 1 heterocycles. The van der Waals surface area contributed by atoms with Crippen LogP contribution in [0.4, 0.5) is 5.69 Å². The molecule has 0 saturated heterocycles. The maximum atomic E-state index is 12.4. The predicted molar refractivity (Wildman–Crippen MR) is 100 cm³/mol. The topological polar surface area (TPSA) is 71.8 Å². The van der Waals surface area contributed by atoms with Crippen LogP contribution in [0.15, 0.2) is 28.9 Å². The van der Waals surface area contributed by atoms with Gasteiger partial charge in [0.05, 0.1) is 26.0 Å². The molecule has 0 bridgehead atoms. The number of carbonyl (C=O) groups is 2. The minimum atomic E-state index is -0.417. The molecule has 2 aromatic rings. The summed E-state index contributed by atoms with van der Waals surface area (Å²) >= 11 is 0. The maximum absolute atomic E-state index is 12.4. The Morgan fingerprint density at radius 1 is 1.19 bits per heavy atom. The number of aryl methyl sites for hydroxylation is 3. The quantitative estimate of drug-likeness (QED) is 0.768. The molecule has 140 valence electrons. The zero-order chi connectivity index (χ0) is 19.3. The summed E-state index contributed by atoms with van der Waals surface area (Å²) in [7, 11) is 1.80. The van der Waals surface area contributed by atoms with Gasteiger partial charge in [-0.15, -0.1) is 0 Å². The summed E-state index contributed by atoms with van der Waals surface area (Å²) in [5.74, 6) is -0.0479. The number of benzene rings is 1. The number of carbonyl (C=O) groups excluding carboxylic acids is 2. The second kappa shape index (κ2) is 8.67. The first kappa shape index (κ1) is 19.7. The lowest BCUT2D eigenvalue weighted by Crippen LogP contribution is -2.30. The van der Waals surface area contributed by atoms with Crippen LogP contribution in [-0.2, 0) is 16.1 Å². The zero-order valence-corrected chi connectivity index (χ0v) is 16.0. The summed E-state index contributed by atoms with van der Waals surface area (Å²) in [6, 6.07) is 5.67. The third-order valence-electron chi connectivity index (χ3n) is 4.01. The standard InChI is InChI=1S/C20H26N2O4/c1-6-25-20(24)16-7-8-26-17(16)11-22(5)12-18(23)21-19-14(3)9-13(2)10-15(19)4/h7-10H,6,11-12H2,1-5H3,(H,21,23). The molecule has 0 aliphatic carbocycles. The van der Waals surface area contributed by atoms with E-state index in [4.69, 9.17) is 9.15 Å². The Balaban J connectivity index is 1.98. The number of nitrogens with one attached hydrogen (secondary N) is 1. The number of hydrogen-bond acceptors (Lipinski definition) is 5. The highest BCUT2D eigenvalue weighted by atomic mass is 16.5. The molecule has 0 radical (unpaired) electrons. The van der Waals surface area contributed by atoms with Gasteiger partial charge >= 0.3 is 5.97 Å². The smallest absolute Gasteiger partial charge is 0.341 e. The molecule has 6 heteroatoms. The molecule has 1 N–H and O–H groups in total. The number of likely N-dealkylation sites (N-methyl/N-ethyl adjacent to an activating group) is 1. The molecular formula is C20H26N2O4. The van der Waals surface area contributed by atoms with Crippen molar-refractivity contribution in [1.29, 1.82) is 0 Å². The molecule has 6 nitrogen and oxygen atoms in total. The van der Waals surface area contributed by atoms with E-state index in [2.05, 4.69) is 5.32 Å². The van der Waals surface area contributed by atoms with Crippen LogP contribution < -0.4 is 5.32 Å². The number of anilines is 1. The number of esters is 1. The lowest BCUT2D eigenvalue weighted by Gasteiger charge is -2.17. The normalized spacial score (nSPS) is 10.8. The van der Waals surface area contributed by atoms with E-state index in [1.165, 1.54) is 11.8 Å². The Labute approximate surface area is 154 Å². The molecule has 1 aromatic carbocycles. The fourth-order valence-electron chi connectivity index (χ4n) is 2.96. The van der Waals surface area contributed by atoms with Gasteiger partial charge in [0.1, 0.15) is 11.3 Å². The van der Waals surface area contributed by atoms with Crippen molar-refractivity contribution in [3.05, 3.63) is 52.5 Å². The van der Waals surface area contributed by atoms with Crippen molar-refractivity contribution in [2.45, 2.75) is 34.2 Å². The van der Waals surface area contributed by atoms with E-state index >= 15 is 0 Å². The van der Waals surface area contributed by atoms with Crippen LogP contribution in [-0.4, -0.2) is 37.0 Å². The van der Waals surface area contributed by atoms with Crippen molar-refractivity contribution in [2.75, 3.05) is 25.5 Å². The SMILES string of the molecule is CCOC(=O)c1ccoc1CN(C)CC(=O)Nc1c(C)cc(C)cc1C. The van der Waals surface area contributed by atoms with E-state index in [-0.39, 0.29) is 12.5 Å². The highest BCUT2D eigenvalue weighted by Gasteiger charge is 2.18. The summed E-state index contributed by atoms with van der Waals surface area (Å²) < 4.78 is 10.4. The van der Waals surface area contributed by atoms with Crippen molar-refractivity contribution in [1.82, 2.24) is 4.90 Å². The molecule has 0 spiro atoms. The minimum Gasteiger partial charge on any atom is -0.467 e. The minimum absolute atomic E-state index is 0.119. The average Bonchev–Trinajstić information content (AvgIpc) is 2.99. The highest BCUT2D eigenvalue weighted by molar-refractivity contribution is 5.94. The lowest BCUT2D eigenvalue weighted by molar-refractivity contribution is -0.117. The fraction of sp³-hybridized carbons (Fsp3) is 0.400. The first-order chi connectivity index (χ1) is 12.3. The number of nitrogens with zero attached hydrogens (tertiary/aromatic N) is 1. The second-order valence-electron chi connectivity index (χ2n) is 6.47. The molecule has 0 unspecified atom stereocenters. The predicted octanol–water partition coefficient (Wildman–Crippen LogP) is 3.45. The summed E-state index contributed by atoms with van der Waals surface area (Å²) in [6.45, 7) is 8.56. The molecule has 26 heavy (non-hydrogen) atoms. The maximum Gasteiger partial charge on any atom is 0.341 e. The van der Waals surface area contributed by atoms with Gasteiger partial charge in [0.25, 0.3) is 0 Å². The van der Waals surface area contributed by atoms with Crippen molar-refractivity contribution in [2.24, 2.45) is 0 Å². The van der Waals surface area contributed by atoms with Crippen molar-refractivity contribution in [3.8, 4) is 0 Å². The molecule has 1 amide bonds. The molecule has 0 atom stereocenters. The van der Waals surface area contributed by atoms with Crippen LogP contribution >= 0.6 is 0 Å². The van der Waals surface area contributed by atoms with Gasteiger partial charge < -0.3 is 14.5 Å². The number of rotatable bonds is 7. The first-order valence-electron chi connectivity index (χ1n) is 8.61. The molecular weight excluding hydrogens is 332 g/mol. The Hall–Kier alpha value is -2.60. The Morgan fingerprint density at radius 2 is 1.85 bits per heavy atom. The average molecular weight is 358 g/mol. The zero-order valence-electron chi connectivity index (χ0n) is 16.0. The van der Waals surface area contributed by atoms with Gasteiger partial charge in [-0.1, -0.05) is 17.7 Å². The lowest BCUT2D eigenvalue weighted by atomic mass is 10.1. The van der Waals surface area contributed by atoms with Crippen LogP contribution in [0.3, 0.4) is 0 Å². The molecule has 1 aromatic heterocycles. The van der Waals surface area contributed by atoms with Crippen LogP contribution in [0.5, 0.6) is 0 Å². The van der Waals surface area contributed by atoms with E-state index in [1.54, 1.807) is 24.9 Å². The van der Waals surface area contributed by atoms with E-state index in [0.717, 1.165) is 16.8 Å². The van der Waals surface area contributed by atoms with Crippen molar-refractivity contribution < 1.29 is 18.7 Å². The number of ether oxygens (including phenoxy) is 1. The third-order valence-corrected chi connectivity index (χ3v) is 4.01. The fourth-order valence-corrected chi connectivity index (χ4v) is 2.96. The summed E-state index contributed by atoms with van der Waals surface area (Å²) in [5.41, 5.74) is 4.48. The molecule has 0 aliphatic rings. The summed E-state index contributed by atoms with van der Waals surface area (Å²) in [6.07, 6.45) is 1.45. The Kier molecular flexibility index (Phi) is 6.58. The number of hydrogen-bond donors (Lipinski definition) is 1. The van der Waals surface area contributed by atoms with Crippen LogP contribution in [0, 0.1) is 20.8 Å². The summed E-state index contributed by atoms with van der Waals surface area (Å²) in [5, 5.41) is 2.97. The van der Waals surface area contributed by atoms with E-state index in [1.807, 2.05) is 32.9 Å².